The minimum atomic E-state index is -0.299. The van der Waals surface area contributed by atoms with Crippen LogP contribution in [0.2, 0.25) is 0 Å². The lowest BCUT2D eigenvalue weighted by molar-refractivity contribution is 0.102. The first-order chi connectivity index (χ1) is 8.33. The monoisotopic (exact) mass is 236 g/mol. The molecule has 94 valence electrons. The molecule has 1 aromatic rings. The van der Waals surface area contributed by atoms with Gasteiger partial charge in [0.25, 0.3) is 0 Å². The maximum Gasteiger partial charge on any atom is 0.229 e. The Morgan fingerprint density at radius 1 is 1.18 bits per heavy atom. The van der Waals surface area contributed by atoms with Crippen molar-refractivity contribution in [3.8, 4) is 0 Å². The van der Waals surface area contributed by atoms with Gasteiger partial charge in [-0.1, -0.05) is 24.4 Å². The number of nitrogens with zero attached hydrogens (tertiary/aromatic N) is 2. The van der Waals surface area contributed by atoms with Gasteiger partial charge in [-0.3, -0.25) is 0 Å². The number of rotatable bonds is 4. The second-order valence-corrected chi connectivity index (χ2v) is 5.49. The van der Waals surface area contributed by atoms with E-state index in [4.69, 9.17) is 4.52 Å². The van der Waals surface area contributed by atoms with Crippen molar-refractivity contribution in [1.29, 1.82) is 0 Å². The van der Waals surface area contributed by atoms with Crippen molar-refractivity contribution in [3.63, 3.8) is 0 Å². The van der Waals surface area contributed by atoms with Gasteiger partial charge >= 0.3 is 0 Å². The van der Waals surface area contributed by atoms with E-state index in [9.17, 15) is 5.11 Å². The number of aromatic nitrogens is 2. The maximum absolute atomic E-state index is 10.1. The van der Waals surface area contributed by atoms with E-state index < -0.39 is 0 Å². The number of hydrogen-bond donors (Lipinski definition) is 1. The van der Waals surface area contributed by atoms with Gasteiger partial charge in [0.1, 0.15) is 0 Å². The van der Waals surface area contributed by atoms with Gasteiger partial charge in [-0.05, 0) is 31.6 Å². The van der Waals surface area contributed by atoms with Crippen molar-refractivity contribution in [3.05, 3.63) is 11.7 Å². The van der Waals surface area contributed by atoms with E-state index in [1.54, 1.807) is 0 Å². The van der Waals surface area contributed by atoms with E-state index >= 15 is 0 Å². The summed E-state index contributed by atoms with van der Waals surface area (Å²) in [5, 5.41) is 14.1. The first-order valence-electron chi connectivity index (χ1n) is 6.83. The Hall–Kier alpha value is -0.900. The van der Waals surface area contributed by atoms with Crippen molar-refractivity contribution in [1.82, 2.24) is 10.1 Å². The van der Waals surface area contributed by atoms with Gasteiger partial charge in [0.15, 0.2) is 5.82 Å². The van der Waals surface area contributed by atoms with E-state index in [0.717, 1.165) is 18.7 Å². The molecular formula is C13H20N2O2. The van der Waals surface area contributed by atoms with E-state index in [-0.39, 0.29) is 6.10 Å². The minimum absolute atomic E-state index is 0.299. The van der Waals surface area contributed by atoms with Crippen LogP contribution in [0, 0.1) is 5.92 Å². The van der Waals surface area contributed by atoms with Gasteiger partial charge < -0.3 is 9.63 Å². The molecule has 1 N–H and O–H groups in total. The molecule has 1 aromatic heterocycles. The molecule has 0 amide bonds. The summed E-state index contributed by atoms with van der Waals surface area (Å²) in [4.78, 5) is 4.41. The van der Waals surface area contributed by atoms with Crippen molar-refractivity contribution in [2.45, 2.75) is 63.4 Å². The smallest absolute Gasteiger partial charge is 0.229 e. The zero-order chi connectivity index (χ0) is 11.7. The Bertz CT molecular complexity index is 367. The lowest BCUT2D eigenvalue weighted by Crippen LogP contribution is -2.20. The molecule has 0 aliphatic heterocycles. The largest absolute Gasteiger partial charge is 0.392 e. The van der Waals surface area contributed by atoms with E-state index in [0.29, 0.717) is 24.1 Å². The van der Waals surface area contributed by atoms with E-state index in [2.05, 4.69) is 10.1 Å². The highest BCUT2D eigenvalue weighted by Gasteiger charge is 2.27. The average Bonchev–Trinajstić information content (AvgIpc) is 2.85. The number of aliphatic hydroxyl groups is 1. The topological polar surface area (TPSA) is 59.2 Å². The molecule has 1 heterocycles. The Kier molecular flexibility index (Phi) is 3.14. The average molecular weight is 236 g/mol. The second-order valence-electron chi connectivity index (χ2n) is 5.49. The van der Waals surface area contributed by atoms with Gasteiger partial charge in [0, 0.05) is 5.92 Å². The predicted molar refractivity (Wildman–Crippen MR) is 62.6 cm³/mol. The molecule has 2 aliphatic carbocycles. The molecule has 4 nitrogen and oxygen atoms in total. The fraction of sp³-hybridized carbons (Fsp3) is 0.846. The molecule has 0 spiro atoms. The maximum atomic E-state index is 10.1. The van der Waals surface area contributed by atoms with Crippen LogP contribution >= 0.6 is 0 Å². The molecule has 3 rings (SSSR count). The summed E-state index contributed by atoms with van der Waals surface area (Å²) < 4.78 is 5.23. The highest BCUT2D eigenvalue weighted by molar-refractivity contribution is 5.00. The fourth-order valence-electron chi connectivity index (χ4n) is 2.87. The molecule has 0 radical (unpaired) electrons. The highest BCUT2D eigenvalue weighted by Crippen LogP contribution is 2.35. The molecule has 1 unspecified atom stereocenters. The molecule has 17 heavy (non-hydrogen) atoms. The van der Waals surface area contributed by atoms with Crippen LogP contribution in [0.1, 0.15) is 62.6 Å². The molecule has 2 saturated carbocycles. The van der Waals surface area contributed by atoms with Crippen molar-refractivity contribution in [2.24, 2.45) is 5.92 Å². The van der Waals surface area contributed by atoms with Gasteiger partial charge in [0.2, 0.25) is 5.89 Å². The van der Waals surface area contributed by atoms with Crippen LogP contribution in [0.3, 0.4) is 0 Å². The molecule has 0 saturated heterocycles. The summed E-state index contributed by atoms with van der Waals surface area (Å²) in [5.41, 5.74) is 0. The second kappa shape index (κ2) is 4.77. The molecule has 0 aromatic carbocycles. The molecule has 4 heteroatoms. The van der Waals surface area contributed by atoms with Crippen LogP contribution in [0.5, 0.6) is 0 Å². The molecule has 0 bridgehead atoms. The Balaban J connectivity index is 1.58. The highest BCUT2D eigenvalue weighted by atomic mass is 16.5. The lowest BCUT2D eigenvalue weighted by Gasteiger charge is -2.21. The zero-order valence-electron chi connectivity index (χ0n) is 10.1. The standard InChI is InChI=1S/C13H20N2O2/c16-11(9-4-1-2-5-9)8-12-14-13(15-17-12)10-6-3-7-10/h9-11,16H,1-8H2. The minimum Gasteiger partial charge on any atom is -0.392 e. The zero-order valence-corrected chi connectivity index (χ0v) is 10.1. The number of aliphatic hydroxyl groups excluding tert-OH is 1. The van der Waals surface area contributed by atoms with Crippen LogP contribution in [0.25, 0.3) is 0 Å². The fourth-order valence-corrected chi connectivity index (χ4v) is 2.87. The molecule has 1 atom stereocenters. The predicted octanol–water partition coefficient (Wildman–Crippen LogP) is 2.43. The summed E-state index contributed by atoms with van der Waals surface area (Å²) in [6.07, 6.45) is 8.66. The van der Waals surface area contributed by atoms with Crippen molar-refractivity contribution in [2.75, 3.05) is 0 Å². The SMILES string of the molecule is OC(Cc1nc(C2CCC2)no1)C1CCCC1. The molecule has 2 fully saturated rings. The third kappa shape index (κ3) is 2.37. The lowest BCUT2D eigenvalue weighted by atomic mass is 9.85. The van der Waals surface area contributed by atoms with E-state index in [1.165, 1.54) is 32.1 Å². The normalized spacial score (nSPS) is 23.8. The Morgan fingerprint density at radius 2 is 1.94 bits per heavy atom. The Labute approximate surface area is 101 Å². The van der Waals surface area contributed by atoms with Crippen LogP contribution in [-0.2, 0) is 6.42 Å². The third-order valence-corrected chi connectivity index (χ3v) is 4.28. The number of hydrogen-bond acceptors (Lipinski definition) is 4. The summed E-state index contributed by atoms with van der Waals surface area (Å²) in [6.45, 7) is 0. The third-order valence-electron chi connectivity index (χ3n) is 4.28. The summed E-state index contributed by atoms with van der Waals surface area (Å²) in [6, 6.07) is 0. The van der Waals surface area contributed by atoms with Gasteiger partial charge in [-0.15, -0.1) is 0 Å². The van der Waals surface area contributed by atoms with Gasteiger partial charge in [-0.25, -0.2) is 0 Å². The van der Waals surface area contributed by atoms with Crippen molar-refractivity contribution >= 4 is 0 Å². The van der Waals surface area contributed by atoms with Crippen LogP contribution in [0.15, 0.2) is 4.52 Å². The van der Waals surface area contributed by atoms with Crippen LogP contribution < -0.4 is 0 Å². The summed E-state index contributed by atoms with van der Waals surface area (Å²) in [5.74, 6) is 2.42. The molecular weight excluding hydrogens is 216 g/mol. The first-order valence-corrected chi connectivity index (χ1v) is 6.83. The quantitative estimate of drug-likeness (QED) is 0.872. The van der Waals surface area contributed by atoms with E-state index in [1.807, 2.05) is 0 Å². The molecule has 2 aliphatic rings. The van der Waals surface area contributed by atoms with Crippen LogP contribution in [-0.4, -0.2) is 21.4 Å². The Morgan fingerprint density at radius 3 is 2.59 bits per heavy atom. The van der Waals surface area contributed by atoms with Gasteiger partial charge in [0.05, 0.1) is 12.5 Å². The van der Waals surface area contributed by atoms with Crippen LogP contribution in [0.4, 0.5) is 0 Å². The van der Waals surface area contributed by atoms with Gasteiger partial charge in [-0.2, -0.15) is 4.98 Å². The summed E-state index contributed by atoms with van der Waals surface area (Å²) in [7, 11) is 0. The first kappa shape index (κ1) is 11.2. The summed E-state index contributed by atoms with van der Waals surface area (Å²) >= 11 is 0. The van der Waals surface area contributed by atoms with Crippen molar-refractivity contribution < 1.29 is 9.63 Å².